The minimum atomic E-state index is -0.260. The van der Waals surface area contributed by atoms with E-state index in [-0.39, 0.29) is 11.9 Å². The van der Waals surface area contributed by atoms with Gasteiger partial charge in [0.1, 0.15) is 12.1 Å². The average molecular weight is 179 g/mol. The lowest BCUT2D eigenvalue weighted by molar-refractivity contribution is -0.109. The maximum atomic E-state index is 12.8. The Bertz CT molecular complexity index is 338. The van der Waals surface area contributed by atoms with E-state index < -0.39 is 0 Å². The van der Waals surface area contributed by atoms with Gasteiger partial charge in [-0.15, -0.1) is 0 Å². The highest BCUT2D eigenvalue weighted by Gasteiger charge is 2.18. The number of halogens is 1. The first-order valence-electron chi connectivity index (χ1n) is 4.28. The molecular formula is C10H10FNO. The lowest BCUT2D eigenvalue weighted by atomic mass is 9.95. The van der Waals surface area contributed by atoms with Crippen molar-refractivity contribution < 1.29 is 9.18 Å². The van der Waals surface area contributed by atoms with Crippen molar-refractivity contribution >= 4 is 6.29 Å². The fraction of sp³-hybridized carbons (Fsp3) is 0.300. The van der Waals surface area contributed by atoms with Gasteiger partial charge >= 0.3 is 0 Å². The molecule has 1 heterocycles. The van der Waals surface area contributed by atoms with Crippen molar-refractivity contribution in [1.29, 1.82) is 0 Å². The van der Waals surface area contributed by atoms with E-state index in [1.807, 2.05) is 0 Å². The first kappa shape index (κ1) is 8.38. The quantitative estimate of drug-likeness (QED) is 0.656. The van der Waals surface area contributed by atoms with Crippen LogP contribution < -0.4 is 5.32 Å². The van der Waals surface area contributed by atoms with Gasteiger partial charge in [-0.2, -0.15) is 0 Å². The summed E-state index contributed by atoms with van der Waals surface area (Å²) in [6.07, 6.45) is 1.65. The Balaban J connectivity index is 2.45. The molecule has 0 saturated heterocycles. The largest absolute Gasteiger partial charge is 0.304 e. The van der Waals surface area contributed by atoms with Crippen LogP contribution >= 0.6 is 0 Å². The summed E-state index contributed by atoms with van der Waals surface area (Å²) in [7, 11) is 0. The Kier molecular flexibility index (Phi) is 2.10. The van der Waals surface area contributed by atoms with Crippen molar-refractivity contribution in [3.05, 3.63) is 35.1 Å². The Morgan fingerprint density at radius 3 is 3.15 bits per heavy atom. The van der Waals surface area contributed by atoms with Crippen LogP contribution in [0.5, 0.6) is 0 Å². The van der Waals surface area contributed by atoms with Crippen molar-refractivity contribution in [3.63, 3.8) is 0 Å². The van der Waals surface area contributed by atoms with E-state index in [0.29, 0.717) is 0 Å². The lowest BCUT2D eigenvalue weighted by Crippen LogP contribution is -2.30. The van der Waals surface area contributed by atoms with Gasteiger partial charge in [0.05, 0.1) is 6.04 Å². The molecule has 1 unspecified atom stereocenters. The number of fused-ring (bicyclic) bond motifs is 1. The summed E-state index contributed by atoms with van der Waals surface area (Å²) in [4.78, 5) is 10.7. The predicted molar refractivity (Wildman–Crippen MR) is 46.9 cm³/mol. The van der Waals surface area contributed by atoms with E-state index in [4.69, 9.17) is 0 Å². The molecule has 2 rings (SSSR count). The van der Waals surface area contributed by atoms with Crippen LogP contribution in [0.3, 0.4) is 0 Å². The van der Waals surface area contributed by atoms with Gasteiger partial charge in [0.15, 0.2) is 0 Å². The van der Waals surface area contributed by atoms with Crippen molar-refractivity contribution in [1.82, 2.24) is 5.32 Å². The van der Waals surface area contributed by atoms with Crippen LogP contribution in [-0.2, 0) is 11.2 Å². The highest BCUT2D eigenvalue weighted by molar-refractivity contribution is 5.63. The van der Waals surface area contributed by atoms with E-state index in [2.05, 4.69) is 5.32 Å². The summed E-state index contributed by atoms with van der Waals surface area (Å²) < 4.78 is 12.8. The minimum absolute atomic E-state index is 0.231. The van der Waals surface area contributed by atoms with Crippen LogP contribution in [-0.4, -0.2) is 12.8 Å². The van der Waals surface area contributed by atoms with Gasteiger partial charge in [0, 0.05) is 6.54 Å². The molecule has 0 fully saturated rings. The molecule has 1 aromatic carbocycles. The summed E-state index contributed by atoms with van der Waals surface area (Å²) in [5, 5.41) is 3.05. The van der Waals surface area contributed by atoms with Crippen molar-refractivity contribution in [2.45, 2.75) is 12.5 Å². The molecule has 0 spiro atoms. The monoisotopic (exact) mass is 179 g/mol. The van der Waals surface area contributed by atoms with Crippen LogP contribution in [0.15, 0.2) is 18.2 Å². The van der Waals surface area contributed by atoms with Crippen LogP contribution in [0.2, 0.25) is 0 Å². The van der Waals surface area contributed by atoms with Crippen molar-refractivity contribution in [3.8, 4) is 0 Å². The molecule has 1 aliphatic heterocycles. The van der Waals surface area contributed by atoms with E-state index in [0.717, 1.165) is 30.4 Å². The number of hydrogen-bond donors (Lipinski definition) is 1. The van der Waals surface area contributed by atoms with E-state index >= 15 is 0 Å². The minimum Gasteiger partial charge on any atom is -0.304 e. The summed E-state index contributed by atoms with van der Waals surface area (Å²) >= 11 is 0. The third-order valence-corrected chi connectivity index (χ3v) is 2.33. The molecule has 2 nitrogen and oxygen atoms in total. The van der Waals surface area contributed by atoms with E-state index in [1.165, 1.54) is 12.1 Å². The fourth-order valence-corrected chi connectivity index (χ4v) is 1.69. The Morgan fingerprint density at radius 1 is 1.54 bits per heavy atom. The topological polar surface area (TPSA) is 29.1 Å². The number of nitrogens with one attached hydrogen (secondary N) is 1. The SMILES string of the molecule is O=CC1NCCc2cc(F)ccc21. The molecule has 0 amide bonds. The Hall–Kier alpha value is -1.22. The number of hydrogen-bond acceptors (Lipinski definition) is 2. The lowest BCUT2D eigenvalue weighted by Gasteiger charge is -2.22. The van der Waals surface area contributed by atoms with Crippen LogP contribution in [0.4, 0.5) is 4.39 Å². The smallest absolute Gasteiger partial charge is 0.141 e. The number of rotatable bonds is 1. The molecule has 0 bridgehead atoms. The van der Waals surface area contributed by atoms with Gasteiger partial charge in [-0.25, -0.2) is 4.39 Å². The molecule has 1 N–H and O–H groups in total. The second-order valence-electron chi connectivity index (χ2n) is 3.16. The van der Waals surface area contributed by atoms with Gasteiger partial charge in [-0.3, -0.25) is 0 Å². The molecule has 0 aliphatic carbocycles. The van der Waals surface area contributed by atoms with E-state index in [1.54, 1.807) is 6.07 Å². The molecule has 3 heteroatoms. The third-order valence-electron chi connectivity index (χ3n) is 2.33. The normalized spacial score (nSPS) is 20.8. The standard InChI is InChI=1S/C10H10FNO/c11-8-1-2-9-7(5-8)3-4-12-10(9)6-13/h1-2,5-6,10,12H,3-4H2. The highest BCUT2D eigenvalue weighted by atomic mass is 19.1. The van der Waals surface area contributed by atoms with Crippen molar-refractivity contribution in [2.24, 2.45) is 0 Å². The molecule has 1 aromatic rings. The third kappa shape index (κ3) is 1.47. The molecule has 1 aliphatic rings. The Labute approximate surface area is 75.8 Å². The average Bonchev–Trinajstić information content (AvgIpc) is 2.16. The predicted octanol–water partition coefficient (Wildman–Crippen LogP) is 1.21. The molecule has 0 aromatic heterocycles. The molecular weight excluding hydrogens is 169 g/mol. The highest BCUT2D eigenvalue weighted by Crippen LogP contribution is 2.21. The zero-order valence-electron chi connectivity index (χ0n) is 7.09. The fourth-order valence-electron chi connectivity index (χ4n) is 1.69. The van der Waals surface area contributed by atoms with Gasteiger partial charge in [-0.05, 0) is 29.7 Å². The number of carbonyl (C=O) groups is 1. The van der Waals surface area contributed by atoms with Gasteiger partial charge in [-0.1, -0.05) is 6.07 Å². The summed E-state index contributed by atoms with van der Waals surface area (Å²) in [6, 6.07) is 4.31. The molecule has 68 valence electrons. The number of benzene rings is 1. The second-order valence-corrected chi connectivity index (χ2v) is 3.16. The number of carbonyl (C=O) groups excluding carboxylic acids is 1. The van der Waals surface area contributed by atoms with E-state index in [9.17, 15) is 9.18 Å². The van der Waals surface area contributed by atoms with Gasteiger partial charge < -0.3 is 10.1 Å². The van der Waals surface area contributed by atoms with Crippen molar-refractivity contribution in [2.75, 3.05) is 6.54 Å². The summed E-state index contributed by atoms with van der Waals surface area (Å²) in [5.74, 6) is -0.231. The first-order chi connectivity index (χ1) is 6.31. The summed E-state index contributed by atoms with van der Waals surface area (Å²) in [6.45, 7) is 0.736. The second kappa shape index (κ2) is 3.26. The molecule has 1 atom stereocenters. The van der Waals surface area contributed by atoms with Crippen LogP contribution in [0, 0.1) is 5.82 Å². The van der Waals surface area contributed by atoms with Crippen LogP contribution in [0.1, 0.15) is 17.2 Å². The maximum absolute atomic E-state index is 12.8. The first-order valence-corrected chi connectivity index (χ1v) is 4.28. The zero-order chi connectivity index (χ0) is 9.26. The van der Waals surface area contributed by atoms with Gasteiger partial charge in [0.2, 0.25) is 0 Å². The van der Waals surface area contributed by atoms with Gasteiger partial charge in [0.25, 0.3) is 0 Å². The molecule has 13 heavy (non-hydrogen) atoms. The van der Waals surface area contributed by atoms with Crippen LogP contribution in [0.25, 0.3) is 0 Å². The Morgan fingerprint density at radius 2 is 2.38 bits per heavy atom. The zero-order valence-corrected chi connectivity index (χ0v) is 7.09. The molecule has 0 saturated carbocycles. The molecule has 0 radical (unpaired) electrons. The maximum Gasteiger partial charge on any atom is 0.141 e. The summed E-state index contributed by atoms with van der Waals surface area (Å²) in [5.41, 5.74) is 1.85. The number of aldehydes is 1.